The minimum atomic E-state index is -0.910. The second-order valence-corrected chi connectivity index (χ2v) is 6.51. The van der Waals surface area contributed by atoms with Gasteiger partial charge in [0.1, 0.15) is 6.04 Å². The zero-order valence-electron chi connectivity index (χ0n) is 12.1. The number of thioether (sulfide) groups is 1. The number of amides is 1. The van der Waals surface area contributed by atoms with E-state index in [9.17, 15) is 14.7 Å². The SMILES string of the molecule is CCCC1SCC(C(=O)O)N1C(=O)C(C)(C)NCC. The Morgan fingerprint density at radius 1 is 1.42 bits per heavy atom. The van der Waals surface area contributed by atoms with Gasteiger partial charge in [-0.1, -0.05) is 20.3 Å². The van der Waals surface area contributed by atoms with Gasteiger partial charge >= 0.3 is 5.97 Å². The number of nitrogens with zero attached hydrogens (tertiary/aromatic N) is 1. The monoisotopic (exact) mass is 288 g/mol. The van der Waals surface area contributed by atoms with Crippen LogP contribution in [-0.4, -0.2) is 51.1 Å². The molecule has 1 heterocycles. The lowest BCUT2D eigenvalue weighted by molar-refractivity contribution is -0.151. The molecule has 0 aromatic rings. The zero-order valence-corrected chi connectivity index (χ0v) is 12.9. The van der Waals surface area contributed by atoms with Crippen LogP contribution in [0.15, 0.2) is 0 Å². The number of carbonyl (C=O) groups is 2. The van der Waals surface area contributed by atoms with Gasteiger partial charge in [-0.3, -0.25) is 4.79 Å². The van der Waals surface area contributed by atoms with E-state index in [1.165, 1.54) is 0 Å². The van der Waals surface area contributed by atoms with E-state index < -0.39 is 17.6 Å². The quantitative estimate of drug-likeness (QED) is 0.775. The highest BCUT2D eigenvalue weighted by Crippen LogP contribution is 2.34. The van der Waals surface area contributed by atoms with Crippen molar-refractivity contribution >= 4 is 23.6 Å². The Hall–Kier alpha value is -0.750. The fourth-order valence-corrected chi connectivity index (χ4v) is 3.85. The molecular weight excluding hydrogens is 264 g/mol. The van der Waals surface area contributed by atoms with Crippen LogP contribution in [-0.2, 0) is 9.59 Å². The first-order valence-electron chi connectivity index (χ1n) is 6.77. The molecule has 0 spiro atoms. The molecule has 1 fully saturated rings. The molecule has 2 N–H and O–H groups in total. The Balaban J connectivity index is 2.95. The average Bonchev–Trinajstić information content (AvgIpc) is 2.72. The Morgan fingerprint density at radius 3 is 2.53 bits per heavy atom. The molecule has 19 heavy (non-hydrogen) atoms. The third-order valence-electron chi connectivity index (χ3n) is 3.30. The summed E-state index contributed by atoms with van der Waals surface area (Å²) in [7, 11) is 0. The summed E-state index contributed by atoms with van der Waals surface area (Å²) < 4.78 is 0. The van der Waals surface area contributed by atoms with Crippen LogP contribution in [0.2, 0.25) is 0 Å². The van der Waals surface area contributed by atoms with Gasteiger partial charge < -0.3 is 15.3 Å². The zero-order chi connectivity index (χ0) is 14.6. The van der Waals surface area contributed by atoms with E-state index in [1.54, 1.807) is 16.7 Å². The maximum atomic E-state index is 12.6. The van der Waals surface area contributed by atoms with E-state index in [1.807, 2.05) is 27.7 Å². The maximum absolute atomic E-state index is 12.6. The molecular formula is C13H24N2O3S. The lowest BCUT2D eigenvalue weighted by atomic mass is 10.0. The molecule has 1 aliphatic heterocycles. The van der Waals surface area contributed by atoms with Crippen molar-refractivity contribution in [3.05, 3.63) is 0 Å². The highest BCUT2D eigenvalue weighted by molar-refractivity contribution is 8.00. The summed E-state index contributed by atoms with van der Waals surface area (Å²) in [6.45, 7) is 8.28. The number of aliphatic carboxylic acids is 1. The molecule has 0 bridgehead atoms. The minimum Gasteiger partial charge on any atom is -0.480 e. The summed E-state index contributed by atoms with van der Waals surface area (Å²) in [5, 5.41) is 12.4. The number of carboxylic acid groups (broad SMARTS) is 1. The Labute approximate surface area is 119 Å². The van der Waals surface area contributed by atoms with E-state index in [2.05, 4.69) is 5.32 Å². The molecule has 0 aromatic heterocycles. The fraction of sp³-hybridized carbons (Fsp3) is 0.846. The van der Waals surface area contributed by atoms with Crippen molar-refractivity contribution in [1.82, 2.24) is 10.2 Å². The normalized spacial score (nSPS) is 23.7. The van der Waals surface area contributed by atoms with Crippen molar-refractivity contribution in [2.24, 2.45) is 0 Å². The van der Waals surface area contributed by atoms with E-state index >= 15 is 0 Å². The van der Waals surface area contributed by atoms with Crippen molar-refractivity contribution in [3.8, 4) is 0 Å². The van der Waals surface area contributed by atoms with Crippen molar-refractivity contribution in [3.63, 3.8) is 0 Å². The van der Waals surface area contributed by atoms with Crippen LogP contribution in [0.3, 0.4) is 0 Å². The molecule has 5 nitrogen and oxygen atoms in total. The van der Waals surface area contributed by atoms with Crippen LogP contribution in [0.1, 0.15) is 40.5 Å². The van der Waals surface area contributed by atoms with Gasteiger partial charge in [-0.15, -0.1) is 11.8 Å². The second kappa shape index (κ2) is 6.61. The predicted octanol–water partition coefficient (Wildman–Crippen LogP) is 1.53. The first-order chi connectivity index (χ1) is 8.85. The topological polar surface area (TPSA) is 69.6 Å². The van der Waals surface area contributed by atoms with Gasteiger partial charge in [-0.2, -0.15) is 0 Å². The molecule has 110 valence electrons. The molecule has 2 atom stereocenters. The summed E-state index contributed by atoms with van der Waals surface area (Å²) in [5.41, 5.74) is -0.723. The van der Waals surface area contributed by atoms with Gasteiger partial charge in [0.25, 0.3) is 0 Å². The summed E-state index contributed by atoms with van der Waals surface area (Å²) in [4.78, 5) is 25.5. The molecule has 6 heteroatoms. The number of hydrogen-bond acceptors (Lipinski definition) is 4. The third kappa shape index (κ3) is 3.63. The number of carboxylic acids is 1. The van der Waals surface area contributed by atoms with Crippen LogP contribution in [0.5, 0.6) is 0 Å². The number of rotatable bonds is 6. The van der Waals surface area contributed by atoms with Crippen LogP contribution >= 0.6 is 11.8 Å². The maximum Gasteiger partial charge on any atom is 0.327 e. The lowest BCUT2D eigenvalue weighted by Crippen LogP contribution is -2.58. The fourth-order valence-electron chi connectivity index (χ4n) is 2.34. The molecule has 0 aliphatic carbocycles. The van der Waals surface area contributed by atoms with Gasteiger partial charge in [0.15, 0.2) is 0 Å². The summed E-state index contributed by atoms with van der Waals surface area (Å²) >= 11 is 1.57. The molecule has 1 amide bonds. The van der Waals surface area contributed by atoms with E-state index in [-0.39, 0.29) is 11.3 Å². The molecule has 1 aliphatic rings. The highest BCUT2D eigenvalue weighted by atomic mass is 32.2. The molecule has 1 saturated heterocycles. The Kier molecular flexibility index (Phi) is 5.67. The minimum absolute atomic E-state index is 0.0171. The van der Waals surface area contributed by atoms with Gasteiger partial charge in [0, 0.05) is 5.75 Å². The molecule has 0 radical (unpaired) electrons. The average molecular weight is 288 g/mol. The van der Waals surface area contributed by atoms with E-state index in [4.69, 9.17) is 0 Å². The number of nitrogens with one attached hydrogen (secondary N) is 1. The second-order valence-electron chi connectivity index (χ2n) is 5.30. The summed E-state index contributed by atoms with van der Waals surface area (Å²) in [6, 6.07) is -0.702. The van der Waals surface area contributed by atoms with Crippen LogP contribution in [0, 0.1) is 0 Å². The number of hydrogen-bond donors (Lipinski definition) is 2. The van der Waals surface area contributed by atoms with Crippen molar-refractivity contribution < 1.29 is 14.7 Å². The largest absolute Gasteiger partial charge is 0.480 e. The van der Waals surface area contributed by atoms with Crippen molar-refractivity contribution in [2.45, 2.75) is 57.5 Å². The number of likely N-dealkylation sites (N-methyl/N-ethyl adjacent to an activating group) is 1. The predicted molar refractivity (Wildman–Crippen MR) is 77.2 cm³/mol. The van der Waals surface area contributed by atoms with E-state index in [0.29, 0.717) is 12.3 Å². The summed E-state index contributed by atoms with van der Waals surface area (Å²) in [6.07, 6.45) is 1.78. The van der Waals surface area contributed by atoms with Gasteiger partial charge in [-0.25, -0.2) is 4.79 Å². The van der Waals surface area contributed by atoms with E-state index in [0.717, 1.165) is 12.8 Å². The van der Waals surface area contributed by atoms with Crippen molar-refractivity contribution in [1.29, 1.82) is 0 Å². The Morgan fingerprint density at radius 2 is 2.05 bits per heavy atom. The number of carbonyl (C=O) groups excluding carboxylic acids is 1. The molecule has 0 aromatic carbocycles. The third-order valence-corrected chi connectivity index (χ3v) is 4.66. The van der Waals surface area contributed by atoms with Gasteiger partial charge in [0.2, 0.25) is 5.91 Å². The van der Waals surface area contributed by atoms with Crippen LogP contribution < -0.4 is 5.32 Å². The first kappa shape index (κ1) is 16.3. The van der Waals surface area contributed by atoms with Gasteiger partial charge in [0.05, 0.1) is 10.9 Å². The lowest BCUT2D eigenvalue weighted by Gasteiger charge is -2.35. The first-order valence-corrected chi connectivity index (χ1v) is 7.82. The smallest absolute Gasteiger partial charge is 0.327 e. The highest BCUT2D eigenvalue weighted by Gasteiger charge is 2.45. The summed E-state index contributed by atoms with van der Waals surface area (Å²) in [5.74, 6) is -0.550. The Bertz CT molecular complexity index is 347. The molecule has 2 unspecified atom stereocenters. The molecule has 0 saturated carbocycles. The van der Waals surface area contributed by atoms with Crippen LogP contribution in [0.25, 0.3) is 0 Å². The van der Waals surface area contributed by atoms with Crippen LogP contribution in [0.4, 0.5) is 0 Å². The van der Waals surface area contributed by atoms with Gasteiger partial charge in [-0.05, 0) is 26.8 Å². The molecule has 1 rings (SSSR count). The standard InChI is InChI=1S/C13H24N2O3S/c1-5-7-10-15(9(8-19-10)11(16)17)12(18)13(3,4)14-6-2/h9-10,14H,5-8H2,1-4H3,(H,16,17). The van der Waals surface area contributed by atoms with Crippen molar-refractivity contribution in [2.75, 3.05) is 12.3 Å².